The van der Waals surface area contributed by atoms with E-state index in [1.165, 1.54) is 0 Å². The molecule has 2 aliphatic rings. The second-order valence-corrected chi connectivity index (χ2v) is 9.74. The standard InChI is InChI=1S/C30H27N3O4/c1-2-37-30(36)25-16-24(25)19-10-8-18(9-11-19)20-5-3-6-22(15-20)33-17-26(29(35)32-21-12-13-21)27(34)23-7-4-14-31-28(23)33/h3-11,14-15,17,21,24-25H,2,12-13,16H2,1H3,(H,32,35)/t24-,25+/m0/s1. The third-order valence-corrected chi connectivity index (χ3v) is 7.10. The fraction of sp³-hybridized carbons (Fsp3) is 0.267. The SMILES string of the molecule is CCOC(=O)[C@@H]1C[C@H]1c1ccc(-c2cccc(-n3cc(C(=O)NC4CC4)c(=O)c4cccnc43)c2)cc1. The van der Waals surface area contributed by atoms with Gasteiger partial charge in [-0.2, -0.15) is 0 Å². The summed E-state index contributed by atoms with van der Waals surface area (Å²) in [7, 11) is 0. The molecule has 7 heteroatoms. The molecule has 2 fully saturated rings. The van der Waals surface area contributed by atoms with E-state index in [1.54, 1.807) is 24.5 Å². The van der Waals surface area contributed by atoms with Crippen LogP contribution in [0, 0.1) is 5.92 Å². The Balaban J connectivity index is 1.33. The minimum atomic E-state index is -0.347. The van der Waals surface area contributed by atoms with Gasteiger partial charge in [-0.25, -0.2) is 4.98 Å². The van der Waals surface area contributed by atoms with Crippen LogP contribution in [-0.2, 0) is 9.53 Å². The van der Waals surface area contributed by atoms with Gasteiger partial charge >= 0.3 is 5.97 Å². The summed E-state index contributed by atoms with van der Waals surface area (Å²) in [6.07, 6.45) is 5.96. The summed E-state index contributed by atoms with van der Waals surface area (Å²) in [5, 5.41) is 3.33. The van der Waals surface area contributed by atoms with Gasteiger partial charge in [0, 0.05) is 24.1 Å². The second-order valence-electron chi connectivity index (χ2n) is 9.74. The molecule has 2 heterocycles. The largest absolute Gasteiger partial charge is 0.466 e. The summed E-state index contributed by atoms with van der Waals surface area (Å²) in [5.74, 6) is -0.281. The normalized spacial score (nSPS) is 18.4. The maximum atomic E-state index is 13.1. The summed E-state index contributed by atoms with van der Waals surface area (Å²) in [5.41, 5.74) is 4.27. The summed E-state index contributed by atoms with van der Waals surface area (Å²) >= 11 is 0. The van der Waals surface area contributed by atoms with Gasteiger partial charge in [0.2, 0.25) is 5.43 Å². The number of ether oxygens (including phenoxy) is 1. The second kappa shape index (κ2) is 9.32. The van der Waals surface area contributed by atoms with Crippen molar-refractivity contribution in [2.75, 3.05) is 6.61 Å². The van der Waals surface area contributed by atoms with Crippen molar-refractivity contribution in [1.82, 2.24) is 14.9 Å². The maximum Gasteiger partial charge on any atom is 0.309 e. The first kappa shape index (κ1) is 23.2. The van der Waals surface area contributed by atoms with Crippen molar-refractivity contribution in [3.05, 3.63) is 94.4 Å². The molecule has 2 aromatic heterocycles. The van der Waals surface area contributed by atoms with E-state index in [9.17, 15) is 14.4 Å². The van der Waals surface area contributed by atoms with Gasteiger partial charge in [-0.15, -0.1) is 0 Å². The van der Waals surface area contributed by atoms with Crippen LogP contribution in [0.25, 0.3) is 27.8 Å². The summed E-state index contributed by atoms with van der Waals surface area (Å²) in [6.45, 7) is 2.23. The summed E-state index contributed by atoms with van der Waals surface area (Å²) < 4.78 is 6.97. The van der Waals surface area contributed by atoms with Crippen LogP contribution in [0.15, 0.2) is 77.9 Å². The molecular weight excluding hydrogens is 466 g/mol. The molecule has 0 aliphatic heterocycles. The summed E-state index contributed by atoms with van der Waals surface area (Å²) in [6, 6.07) is 19.8. The third kappa shape index (κ3) is 4.53. The molecular formula is C30H27N3O4. The Kier molecular flexibility index (Phi) is 5.83. The van der Waals surface area contributed by atoms with Crippen LogP contribution in [0.2, 0.25) is 0 Å². The third-order valence-electron chi connectivity index (χ3n) is 7.10. The molecule has 7 nitrogen and oxygen atoms in total. The van der Waals surface area contributed by atoms with E-state index >= 15 is 0 Å². The molecule has 0 unspecified atom stereocenters. The molecule has 0 bridgehead atoms. The number of nitrogens with one attached hydrogen (secondary N) is 1. The van der Waals surface area contributed by atoms with Crippen molar-refractivity contribution in [3.63, 3.8) is 0 Å². The Hall–Kier alpha value is -4.26. The average molecular weight is 494 g/mol. The van der Waals surface area contributed by atoms with Gasteiger partial charge < -0.3 is 14.6 Å². The van der Waals surface area contributed by atoms with Gasteiger partial charge in [-0.05, 0) is 73.1 Å². The number of esters is 1. The monoisotopic (exact) mass is 493 g/mol. The van der Waals surface area contributed by atoms with E-state index in [0.29, 0.717) is 17.6 Å². The fourth-order valence-electron chi connectivity index (χ4n) is 4.84. The Bertz CT molecular complexity index is 1570. The Morgan fingerprint density at radius 3 is 2.62 bits per heavy atom. The number of carbonyl (C=O) groups is 2. The Morgan fingerprint density at radius 2 is 1.86 bits per heavy atom. The van der Waals surface area contributed by atoms with Crippen molar-refractivity contribution >= 4 is 22.9 Å². The molecule has 4 aromatic rings. The smallest absolute Gasteiger partial charge is 0.309 e. The van der Waals surface area contributed by atoms with Crippen LogP contribution in [0.5, 0.6) is 0 Å². The van der Waals surface area contributed by atoms with E-state index < -0.39 is 0 Å². The van der Waals surface area contributed by atoms with Crippen LogP contribution in [0.1, 0.15) is 48.0 Å². The summed E-state index contributed by atoms with van der Waals surface area (Å²) in [4.78, 5) is 42.4. The average Bonchev–Trinajstić information content (AvgIpc) is 3.85. The van der Waals surface area contributed by atoms with E-state index in [-0.39, 0.29) is 40.7 Å². The minimum absolute atomic E-state index is 0.0402. The molecule has 37 heavy (non-hydrogen) atoms. The number of fused-ring (bicyclic) bond motifs is 1. The minimum Gasteiger partial charge on any atom is -0.466 e. The van der Waals surface area contributed by atoms with Gasteiger partial charge in [0.25, 0.3) is 5.91 Å². The van der Waals surface area contributed by atoms with Gasteiger partial charge in [0.05, 0.1) is 17.9 Å². The molecule has 2 atom stereocenters. The van der Waals surface area contributed by atoms with Crippen LogP contribution >= 0.6 is 0 Å². The number of aromatic nitrogens is 2. The van der Waals surface area contributed by atoms with Crippen molar-refractivity contribution in [2.24, 2.45) is 5.92 Å². The topological polar surface area (TPSA) is 90.3 Å². The number of hydrogen-bond acceptors (Lipinski definition) is 5. The number of hydrogen-bond donors (Lipinski definition) is 1. The first-order valence-electron chi connectivity index (χ1n) is 12.7. The van der Waals surface area contributed by atoms with Crippen molar-refractivity contribution in [3.8, 4) is 16.8 Å². The van der Waals surface area contributed by atoms with Crippen molar-refractivity contribution < 1.29 is 14.3 Å². The van der Waals surface area contributed by atoms with Gasteiger partial charge in [-0.3, -0.25) is 14.4 Å². The van der Waals surface area contributed by atoms with E-state index in [0.717, 1.165) is 41.6 Å². The number of rotatable bonds is 7. The molecule has 6 rings (SSSR count). The van der Waals surface area contributed by atoms with Gasteiger partial charge in [-0.1, -0.05) is 36.4 Å². The number of amides is 1. The lowest BCUT2D eigenvalue weighted by molar-refractivity contribution is -0.144. The molecule has 1 amide bonds. The number of pyridine rings is 2. The first-order chi connectivity index (χ1) is 18.0. The zero-order chi connectivity index (χ0) is 25.5. The number of nitrogens with zero attached hydrogens (tertiary/aromatic N) is 2. The van der Waals surface area contributed by atoms with Crippen molar-refractivity contribution in [1.29, 1.82) is 0 Å². The lowest BCUT2D eigenvalue weighted by Gasteiger charge is -2.14. The zero-order valence-corrected chi connectivity index (χ0v) is 20.5. The lowest BCUT2D eigenvalue weighted by Crippen LogP contribution is -2.31. The van der Waals surface area contributed by atoms with Gasteiger partial charge in [0.1, 0.15) is 11.2 Å². The first-order valence-corrected chi connectivity index (χ1v) is 12.7. The fourth-order valence-corrected chi connectivity index (χ4v) is 4.84. The maximum absolute atomic E-state index is 13.1. The lowest BCUT2D eigenvalue weighted by atomic mass is 10.0. The molecule has 2 aromatic carbocycles. The predicted octanol–water partition coefficient (Wildman–Crippen LogP) is 4.61. The highest BCUT2D eigenvalue weighted by atomic mass is 16.5. The predicted molar refractivity (Wildman–Crippen MR) is 141 cm³/mol. The van der Waals surface area contributed by atoms with Crippen LogP contribution in [-0.4, -0.2) is 34.1 Å². The number of benzene rings is 2. The van der Waals surface area contributed by atoms with Crippen LogP contribution in [0.4, 0.5) is 0 Å². The molecule has 0 saturated heterocycles. The number of carbonyl (C=O) groups excluding carboxylic acids is 2. The molecule has 0 radical (unpaired) electrons. The highest BCUT2D eigenvalue weighted by Crippen LogP contribution is 2.48. The Morgan fingerprint density at radius 1 is 1.05 bits per heavy atom. The molecule has 2 saturated carbocycles. The highest BCUT2D eigenvalue weighted by molar-refractivity contribution is 5.97. The van der Waals surface area contributed by atoms with E-state index in [1.807, 2.05) is 35.8 Å². The van der Waals surface area contributed by atoms with Gasteiger partial charge in [0.15, 0.2) is 0 Å². The van der Waals surface area contributed by atoms with Crippen molar-refractivity contribution in [2.45, 2.75) is 38.1 Å². The highest BCUT2D eigenvalue weighted by Gasteiger charge is 2.45. The molecule has 1 N–H and O–H groups in total. The molecule has 2 aliphatic carbocycles. The Labute approximate surface area is 214 Å². The quantitative estimate of drug-likeness (QED) is 0.380. The molecule has 0 spiro atoms. The van der Waals surface area contributed by atoms with E-state index in [4.69, 9.17) is 4.74 Å². The molecule has 186 valence electrons. The zero-order valence-electron chi connectivity index (χ0n) is 20.5. The van der Waals surface area contributed by atoms with Crippen LogP contribution < -0.4 is 10.7 Å². The van der Waals surface area contributed by atoms with Crippen LogP contribution in [0.3, 0.4) is 0 Å². The van der Waals surface area contributed by atoms with E-state index in [2.05, 4.69) is 34.6 Å².